The van der Waals surface area contributed by atoms with E-state index in [1.165, 1.54) is 12.8 Å². The smallest absolute Gasteiger partial charge is 0.272 e. The van der Waals surface area contributed by atoms with E-state index in [0.717, 1.165) is 11.3 Å². The summed E-state index contributed by atoms with van der Waals surface area (Å²) >= 11 is 0. The van der Waals surface area contributed by atoms with Gasteiger partial charge in [0.05, 0.1) is 5.69 Å². The number of hydrogen-bond donors (Lipinski definition) is 1. The van der Waals surface area contributed by atoms with Crippen LogP contribution in [0.15, 0.2) is 42.5 Å². The Morgan fingerprint density at radius 1 is 1.11 bits per heavy atom. The summed E-state index contributed by atoms with van der Waals surface area (Å²) in [4.78, 5) is 11.9. The van der Waals surface area contributed by atoms with Gasteiger partial charge in [0, 0.05) is 12.5 Å². The molecule has 0 spiro atoms. The highest BCUT2D eigenvalue weighted by Gasteiger charge is 2.25. The summed E-state index contributed by atoms with van der Waals surface area (Å²) < 4.78 is 0. The minimum Gasteiger partial charge on any atom is -0.347 e. The highest BCUT2D eigenvalue weighted by Crippen LogP contribution is 2.38. The van der Waals surface area contributed by atoms with Gasteiger partial charge in [-0.3, -0.25) is 4.79 Å². The largest absolute Gasteiger partial charge is 0.347 e. The molecule has 1 aliphatic rings. The second kappa shape index (κ2) is 5.18. The summed E-state index contributed by atoms with van der Waals surface area (Å²) in [5.41, 5.74) is 2.44. The Morgan fingerprint density at radius 3 is 2.53 bits per heavy atom. The summed E-state index contributed by atoms with van der Waals surface area (Å²) in [5, 5.41) is 10.9. The molecular formula is C15H15N3O. The quantitative estimate of drug-likeness (QED) is 0.909. The first kappa shape index (κ1) is 11.8. The van der Waals surface area contributed by atoms with Crippen LogP contribution in [-0.2, 0) is 6.54 Å². The molecule has 1 aromatic carbocycles. The summed E-state index contributed by atoms with van der Waals surface area (Å²) in [6.45, 7) is 0.506. The van der Waals surface area contributed by atoms with E-state index >= 15 is 0 Å². The highest BCUT2D eigenvalue weighted by atomic mass is 16.1. The second-order valence-electron chi connectivity index (χ2n) is 4.79. The number of benzene rings is 1. The number of carbonyl (C=O) groups excluding carboxylic acids is 1. The molecule has 4 nitrogen and oxygen atoms in total. The van der Waals surface area contributed by atoms with E-state index in [4.69, 9.17) is 0 Å². The Hall–Kier alpha value is -2.23. The fourth-order valence-corrected chi connectivity index (χ4v) is 1.93. The number of nitrogens with one attached hydrogen (secondary N) is 1. The molecule has 2 aromatic rings. The number of rotatable bonds is 4. The van der Waals surface area contributed by atoms with Crippen LogP contribution in [0.3, 0.4) is 0 Å². The first-order chi connectivity index (χ1) is 9.33. The van der Waals surface area contributed by atoms with Crippen LogP contribution in [0, 0.1) is 0 Å². The predicted octanol–water partition coefficient (Wildman–Crippen LogP) is 2.28. The van der Waals surface area contributed by atoms with Crippen molar-refractivity contribution in [1.29, 1.82) is 0 Å². The fourth-order valence-electron chi connectivity index (χ4n) is 1.93. The first-order valence-corrected chi connectivity index (χ1v) is 6.48. The van der Waals surface area contributed by atoms with E-state index in [1.807, 2.05) is 36.4 Å². The van der Waals surface area contributed by atoms with Gasteiger partial charge in [-0.1, -0.05) is 30.3 Å². The average molecular weight is 253 g/mol. The lowest BCUT2D eigenvalue weighted by Crippen LogP contribution is -2.24. The van der Waals surface area contributed by atoms with Crippen molar-refractivity contribution in [3.63, 3.8) is 0 Å². The van der Waals surface area contributed by atoms with Gasteiger partial charge in [0.15, 0.2) is 5.69 Å². The molecule has 0 saturated heterocycles. The van der Waals surface area contributed by atoms with Gasteiger partial charge in [-0.2, -0.15) is 5.10 Å². The SMILES string of the molecule is O=C(NCc1ccccc1)c1ccc(C2CC2)nn1. The van der Waals surface area contributed by atoms with Crippen LogP contribution in [0.4, 0.5) is 0 Å². The highest BCUT2D eigenvalue weighted by molar-refractivity contribution is 5.91. The number of hydrogen-bond acceptors (Lipinski definition) is 3. The van der Waals surface area contributed by atoms with E-state index in [9.17, 15) is 4.79 Å². The van der Waals surface area contributed by atoms with Crippen LogP contribution in [0.25, 0.3) is 0 Å². The third-order valence-corrected chi connectivity index (χ3v) is 3.21. The van der Waals surface area contributed by atoms with Crippen molar-refractivity contribution in [1.82, 2.24) is 15.5 Å². The van der Waals surface area contributed by atoms with Crippen molar-refractivity contribution >= 4 is 5.91 Å². The van der Waals surface area contributed by atoms with E-state index in [1.54, 1.807) is 6.07 Å². The Morgan fingerprint density at radius 2 is 1.89 bits per heavy atom. The maximum Gasteiger partial charge on any atom is 0.272 e. The van der Waals surface area contributed by atoms with Crippen LogP contribution in [0.2, 0.25) is 0 Å². The zero-order chi connectivity index (χ0) is 13.1. The summed E-state index contributed by atoms with van der Waals surface area (Å²) in [7, 11) is 0. The van der Waals surface area contributed by atoms with Crippen LogP contribution >= 0.6 is 0 Å². The molecule has 0 radical (unpaired) electrons. The molecule has 1 aromatic heterocycles. The predicted molar refractivity (Wildman–Crippen MR) is 71.6 cm³/mol. The van der Waals surface area contributed by atoms with Gasteiger partial charge in [-0.15, -0.1) is 5.10 Å². The summed E-state index contributed by atoms with van der Waals surface area (Å²) in [5.74, 6) is 0.382. The monoisotopic (exact) mass is 253 g/mol. The van der Waals surface area contributed by atoms with Crippen LogP contribution in [-0.4, -0.2) is 16.1 Å². The molecule has 1 aliphatic carbocycles. The third kappa shape index (κ3) is 2.96. The lowest BCUT2D eigenvalue weighted by atomic mass is 10.2. The van der Waals surface area contributed by atoms with E-state index in [0.29, 0.717) is 18.2 Å². The van der Waals surface area contributed by atoms with Crippen molar-refractivity contribution in [2.75, 3.05) is 0 Å². The normalized spacial score (nSPS) is 14.1. The Bertz CT molecular complexity index is 562. The van der Waals surface area contributed by atoms with Gasteiger partial charge >= 0.3 is 0 Å². The van der Waals surface area contributed by atoms with Crippen LogP contribution in [0.1, 0.15) is 40.5 Å². The molecule has 0 unspecified atom stereocenters. The molecule has 19 heavy (non-hydrogen) atoms. The van der Waals surface area contributed by atoms with Crippen molar-refractivity contribution in [3.8, 4) is 0 Å². The number of amides is 1. The zero-order valence-corrected chi connectivity index (χ0v) is 10.5. The number of nitrogens with zero attached hydrogens (tertiary/aromatic N) is 2. The van der Waals surface area contributed by atoms with E-state index in [2.05, 4.69) is 15.5 Å². The molecule has 1 amide bonds. The molecule has 1 saturated carbocycles. The van der Waals surface area contributed by atoms with Gasteiger partial charge < -0.3 is 5.32 Å². The maximum absolute atomic E-state index is 11.9. The van der Waals surface area contributed by atoms with Crippen molar-refractivity contribution < 1.29 is 4.79 Å². The maximum atomic E-state index is 11.9. The van der Waals surface area contributed by atoms with Crippen LogP contribution in [0.5, 0.6) is 0 Å². The minimum absolute atomic E-state index is 0.182. The number of aromatic nitrogens is 2. The zero-order valence-electron chi connectivity index (χ0n) is 10.5. The standard InChI is InChI=1S/C15H15N3O/c19-15(16-10-11-4-2-1-3-5-11)14-9-8-13(17-18-14)12-6-7-12/h1-5,8-9,12H,6-7,10H2,(H,16,19). The van der Waals surface area contributed by atoms with Gasteiger partial charge in [-0.25, -0.2) is 0 Å². The van der Waals surface area contributed by atoms with Gasteiger partial charge in [0.25, 0.3) is 5.91 Å². The van der Waals surface area contributed by atoms with Gasteiger partial charge in [0.2, 0.25) is 0 Å². The molecule has 1 N–H and O–H groups in total. The fraction of sp³-hybridized carbons (Fsp3) is 0.267. The lowest BCUT2D eigenvalue weighted by Gasteiger charge is -2.04. The molecule has 1 fully saturated rings. The first-order valence-electron chi connectivity index (χ1n) is 6.48. The molecule has 0 bridgehead atoms. The molecule has 96 valence electrons. The van der Waals surface area contributed by atoms with Crippen LogP contribution < -0.4 is 5.32 Å². The van der Waals surface area contributed by atoms with Crippen molar-refractivity contribution in [2.24, 2.45) is 0 Å². The topological polar surface area (TPSA) is 54.9 Å². The van der Waals surface area contributed by atoms with Crippen molar-refractivity contribution in [2.45, 2.75) is 25.3 Å². The lowest BCUT2D eigenvalue weighted by molar-refractivity contribution is 0.0945. The average Bonchev–Trinajstić information content (AvgIpc) is 3.31. The van der Waals surface area contributed by atoms with Crippen molar-refractivity contribution in [3.05, 3.63) is 59.4 Å². The Kier molecular flexibility index (Phi) is 3.23. The third-order valence-electron chi connectivity index (χ3n) is 3.21. The van der Waals surface area contributed by atoms with E-state index in [-0.39, 0.29) is 5.91 Å². The van der Waals surface area contributed by atoms with E-state index < -0.39 is 0 Å². The summed E-state index contributed by atoms with van der Waals surface area (Å²) in [6, 6.07) is 13.5. The van der Waals surface area contributed by atoms with Gasteiger partial charge in [-0.05, 0) is 30.5 Å². The summed E-state index contributed by atoms with van der Waals surface area (Å²) in [6.07, 6.45) is 2.38. The van der Waals surface area contributed by atoms with Gasteiger partial charge in [0.1, 0.15) is 0 Å². The second-order valence-corrected chi connectivity index (χ2v) is 4.79. The Labute approximate surface area is 111 Å². The molecule has 0 aliphatic heterocycles. The molecule has 0 atom stereocenters. The Balaban J connectivity index is 1.60. The molecule has 3 rings (SSSR count). The molecule has 1 heterocycles. The molecular weight excluding hydrogens is 238 g/mol. The molecule has 4 heteroatoms. The number of carbonyl (C=O) groups is 1. The minimum atomic E-state index is -0.182.